The molecule has 2 aromatic rings. The van der Waals surface area contributed by atoms with Crippen LogP contribution < -0.4 is 0 Å². The van der Waals surface area contributed by atoms with Crippen LogP contribution in [0.1, 0.15) is 0 Å². The first-order valence-electron chi connectivity index (χ1n) is 4.40. The van der Waals surface area contributed by atoms with E-state index >= 15 is 0 Å². The lowest BCUT2D eigenvalue weighted by Crippen LogP contribution is -1.92. The summed E-state index contributed by atoms with van der Waals surface area (Å²) in [4.78, 5) is 0. The molecule has 0 aliphatic heterocycles. The summed E-state index contributed by atoms with van der Waals surface area (Å²) in [5.74, 6) is -3.88. The molecular weight excluding hydrogens is 220 g/mol. The second kappa shape index (κ2) is 3.96. The molecule has 1 radical (unpaired) electrons. The average Bonchev–Trinajstić information content (AvgIpc) is 2.15. The zero-order valence-corrected chi connectivity index (χ0v) is 7.90. The SMILES string of the molecule is Fc1[c]ccc(-c2c(F)cc(F)cc2F)c1. The Kier molecular flexibility index (Phi) is 2.64. The Hall–Kier alpha value is -1.84. The molecule has 0 N–H and O–H groups in total. The molecule has 0 heterocycles. The molecule has 0 unspecified atom stereocenters. The minimum atomic E-state index is -1.07. The molecule has 0 nitrogen and oxygen atoms in total. The second-order valence-electron chi connectivity index (χ2n) is 3.17. The molecule has 0 spiro atoms. The van der Waals surface area contributed by atoms with Crippen LogP contribution in [-0.2, 0) is 0 Å². The lowest BCUT2D eigenvalue weighted by molar-refractivity contribution is 0.548. The van der Waals surface area contributed by atoms with E-state index in [1.54, 1.807) is 0 Å². The van der Waals surface area contributed by atoms with Crippen LogP contribution in [0.3, 0.4) is 0 Å². The molecule has 0 aromatic heterocycles. The van der Waals surface area contributed by atoms with Crippen LogP contribution in [0, 0.1) is 29.3 Å². The van der Waals surface area contributed by atoms with Gasteiger partial charge in [-0.25, -0.2) is 17.6 Å². The Morgan fingerprint density at radius 1 is 0.875 bits per heavy atom. The Labute approximate surface area is 89.2 Å². The fraction of sp³-hybridized carbons (Fsp3) is 0. The normalized spacial score (nSPS) is 10.5. The van der Waals surface area contributed by atoms with Crippen LogP contribution in [0.4, 0.5) is 17.6 Å². The van der Waals surface area contributed by atoms with Gasteiger partial charge in [-0.05, 0) is 11.6 Å². The van der Waals surface area contributed by atoms with Crippen LogP contribution >= 0.6 is 0 Å². The summed E-state index contributed by atoms with van der Waals surface area (Å²) in [5, 5.41) is 0. The molecular formula is C12H5F4. The summed E-state index contributed by atoms with van der Waals surface area (Å²) >= 11 is 0. The van der Waals surface area contributed by atoms with Gasteiger partial charge in [-0.15, -0.1) is 0 Å². The van der Waals surface area contributed by atoms with Crippen molar-refractivity contribution in [3.63, 3.8) is 0 Å². The van der Waals surface area contributed by atoms with Gasteiger partial charge in [0.05, 0.1) is 5.56 Å². The predicted octanol–water partition coefficient (Wildman–Crippen LogP) is 3.71. The van der Waals surface area contributed by atoms with Crippen molar-refractivity contribution in [1.29, 1.82) is 0 Å². The Balaban J connectivity index is 2.64. The summed E-state index contributed by atoms with van der Waals surface area (Å²) in [6, 6.07) is 6.73. The highest BCUT2D eigenvalue weighted by molar-refractivity contribution is 5.64. The zero-order valence-electron chi connectivity index (χ0n) is 7.90. The second-order valence-corrected chi connectivity index (χ2v) is 3.17. The molecule has 0 aliphatic carbocycles. The number of benzene rings is 2. The highest BCUT2D eigenvalue weighted by Crippen LogP contribution is 2.27. The van der Waals surface area contributed by atoms with Crippen molar-refractivity contribution in [3.05, 3.63) is 59.7 Å². The van der Waals surface area contributed by atoms with Crippen molar-refractivity contribution < 1.29 is 17.6 Å². The maximum absolute atomic E-state index is 13.3. The van der Waals surface area contributed by atoms with E-state index in [0.717, 1.165) is 6.07 Å². The van der Waals surface area contributed by atoms with Crippen LogP contribution in [0.25, 0.3) is 11.1 Å². The van der Waals surface area contributed by atoms with Gasteiger partial charge in [0.2, 0.25) is 0 Å². The number of halogens is 4. The highest BCUT2D eigenvalue weighted by atomic mass is 19.1. The third kappa shape index (κ3) is 1.91. The molecule has 2 aromatic carbocycles. The minimum Gasteiger partial charge on any atom is -0.207 e. The first kappa shape index (κ1) is 10.7. The van der Waals surface area contributed by atoms with Gasteiger partial charge in [0, 0.05) is 18.2 Å². The first-order valence-corrected chi connectivity index (χ1v) is 4.40. The lowest BCUT2D eigenvalue weighted by Gasteiger charge is -2.05. The van der Waals surface area contributed by atoms with Gasteiger partial charge in [-0.1, -0.05) is 12.1 Å². The standard InChI is InChI=1S/C12H5F4/c13-8-3-1-2-7(4-8)12-10(15)5-9(14)6-11(12)16/h1-2,4-6H. The smallest absolute Gasteiger partial charge is 0.136 e. The van der Waals surface area contributed by atoms with Gasteiger partial charge in [0.15, 0.2) is 0 Å². The molecule has 0 bridgehead atoms. The van der Waals surface area contributed by atoms with E-state index in [2.05, 4.69) is 6.07 Å². The summed E-state index contributed by atoms with van der Waals surface area (Å²) in [7, 11) is 0. The van der Waals surface area contributed by atoms with Gasteiger partial charge in [0.1, 0.15) is 23.3 Å². The Bertz CT molecular complexity index is 511. The topological polar surface area (TPSA) is 0 Å². The maximum Gasteiger partial charge on any atom is 0.136 e. The minimum absolute atomic E-state index is 0.00579. The molecule has 2 rings (SSSR count). The summed E-state index contributed by atoms with van der Waals surface area (Å²) in [5.41, 5.74) is -0.444. The quantitative estimate of drug-likeness (QED) is 0.649. The highest BCUT2D eigenvalue weighted by Gasteiger charge is 2.13. The summed E-state index contributed by atoms with van der Waals surface area (Å²) < 4.78 is 52.1. The largest absolute Gasteiger partial charge is 0.207 e. The van der Waals surface area contributed by atoms with E-state index in [4.69, 9.17) is 0 Å². The van der Waals surface area contributed by atoms with E-state index in [1.807, 2.05) is 0 Å². The molecule has 0 aliphatic rings. The summed E-state index contributed by atoms with van der Waals surface area (Å²) in [6.07, 6.45) is 0. The monoisotopic (exact) mass is 225 g/mol. The van der Waals surface area contributed by atoms with Crippen LogP contribution in [0.15, 0.2) is 30.3 Å². The van der Waals surface area contributed by atoms with Gasteiger partial charge >= 0.3 is 0 Å². The van der Waals surface area contributed by atoms with E-state index in [0.29, 0.717) is 12.1 Å². The molecule has 0 fully saturated rings. The van der Waals surface area contributed by atoms with Gasteiger partial charge in [-0.2, -0.15) is 0 Å². The van der Waals surface area contributed by atoms with Gasteiger partial charge < -0.3 is 0 Å². The van der Waals surface area contributed by atoms with Crippen molar-refractivity contribution in [2.24, 2.45) is 0 Å². The molecule has 4 heteroatoms. The Morgan fingerprint density at radius 3 is 2.06 bits per heavy atom. The van der Waals surface area contributed by atoms with Gasteiger partial charge in [0.25, 0.3) is 0 Å². The fourth-order valence-corrected chi connectivity index (χ4v) is 1.41. The fourth-order valence-electron chi connectivity index (χ4n) is 1.41. The third-order valence-electron chi connectivity index (χ3n) is 2.06. The summed E-state index contributed by atoms with van der Waals surface area (Å²) in [6.45, 7) is 0. The average molecular weight is 225 g/mol. The van der Waals surface area contributed by atoms with E-state index in [1.165, 1.54) is 12.1 Å². The first-order chi connectivity index (χ1) is 7.58. The Morgan fingerprint density at radius 2 is 1.50 bits per heavy atom. The predicted molar refractivity (Wildman–Crippen MR) is 50.5 cm³/mol. The van der Waals surface area contributed by atoms with Crippen molar-refractivity contribution in [2.45, 2.75) is 0 Å². The van der Waals surface area contributed by atoms with E-state index in [9.17, 15) is 17.6 Å². The maximum atomic E-state index is 13.3. The van der Waals surface area contributed by atoms with Gasteiger partial charge in [-0.3, -0.25) is 0 Å². The molecule has 16 heavy (non-hydrogen) atoms. The van der Waals surface area contributed by atoms with Crippen molar-refractivity contribution >= 4 is 0 Å². The molecule has 0 saturated carbocycles. The van der Waals surface area contributed by atoms with Crippen molar-refractivity contribution in [2.75, 3.05) is 0 Å². The molecule has 0 atom stereocenters. The number of rotatable bonds is 1. The van der Waals surface area contributed by atoms with E-state index < -0.39 is 28.8 Å². The lowest BCUT2D eigenvalue weighted by atomic mass is 10.0. The molecule has 0 amide bonds. The van der Waals surface area contributed by atoms with Crippen LogP contribution in [0.5, 0.6) is 0 Å². The van der Waals surface area contributed by atoms with Crippen LogP contribution in [-0.4, -0.2) is 0 Å². The van der Waals surface area contributed by atoms with Crippen LogP contribution in [0.2, 0.25) is 0 Å². The zero-order chi connectivity index (χ0) is 11.7. The van der Waals surface area contributed by atoms with E-state index in [-0.39, 0.29) is 5.56 Å². The molecule has 0 saturated heterocycles. The molecule has 81 valence electrons. The number of hydrogen-bond donors (Lipinski definition) is 0. The van der Waals surface area contributed by atoms with Crippen molar-refractivity contribution in [1.82, 2.24) is 0 Å². The number of hydrogen-bond acceptors (Lipinski definition) is 0. The third-order valence-corrected chi connectivity index (χ3v) is 2.06. The van der Waals surface area contributed by atoms with Crippen molar-refractivity contribution in [3.8, 4) is 11.1 Å².